The van der Waals surface area contributed by atoms with Gasteiger partial charge in [0.15, 0.2) is 0 Å². The third-order valence-electron chi connectivity index (χ3n) is 1.16. The molecule has 1 rings (SSSR count). The first-order valence-electron chi connectivity index (χ1n) is 2.74. The smallest absolute Gasteiger partial charge is 0.124 e. The predicted molar refractivity (Wildman–Crippen MR) is 43.9 cm³/mol. The standard InChI is InChI=1S/C7H5F2I/c8-4-5-1-2-6(9)3-7(5)10/h1-3H,4H2. The van der Waals surface area contributed by atoms with E-state index in [4.69, 9.17) is 0 Å². The van der Waals surface area contributed by atoms with Crippen LogP contribution in [0, 0.1) is 9.39 Å². The van der Waals surface area contributed by atoms with Gasteiger partial charge in [-0.25, -0.2) is 8.78 Å². The molecule has 0 N–H and O–H groups in total. The molecule has 3 heteroatoms. The fourth-order valence-electron chi connectivity index (χ4n) is 0.630. The number of hydrogen-bond acceptors (Lipinski definition) is 0. The fraction of sp³-hybridized carbons (Fsp3) is 0.143. The SMILES string of the molecule is FCc1ccc(F)cc1I. The van der Waals surface area contributed by atoms with Crippen molar-refractivity contribution in [3.05, 3.63) is 33.1 Å². The van der Waals surface area contributed by atoms with E-state index in [1.165, 1.54) is 18.2 Å². The Kier molecular flexibility index (Phi) is 2.59. The molecule has 0 amide bonds. The van der Waals surface area contributed by atoms with E-state index in [-0.39, 0.29) is 5.82 Å². The van der Waals surface area contributed by atoms with Gasteiger partial charge in [-0.05, 0) is 40.3 Å². The highest BCUT2D eigenvalue weighted by molar-refractivity contribution is 14.1. The van der Waals surface area contributed by atoms with E-state index in [2.05, 4.69) is 0 Å². The lowest BCUT2D eigenvalue weighted by Crippen LogP contribution is -1.85. The Bertz CT molecular complexity index is 235. The summed E-state index contributed by atoms with van der Waals surface area (Å²) in [7, 11) is 0. The summed E-state index contributed by atoms with van der Waals surface area (Å²) in [5, 5.41) is 0. The first kappa shape index (κ1) is 7.91. The van der Waals surface area contributed by atoms with Crippen LogP contribution in [0.15, 0.2) is 18.2 Å². The molecule has 0 saturated heterocycles. The summed E-state index contributed by atoms with van der Waals surface area (Å²) in [6, 6.07) is 4.03. The third kappa shape index (κ3) is 1.65. The van der Waals surface area contributed by atoms with E-state index >= 15 is 0 Å². The van der Waals surface area contributed by atoms with Crippen LogP contribution in [0.1, 0.15) is 5.56 Å². The number of alkyl halides is 1. The van der Waals surface area contributed by atoms with Crippen LogP contribution >= 0.6 is 22.6 Å². The van der Waals surface area contributed by atoms with Gasteiger partial charge in [-0.2, -0.15) is 0 Å². The van der Waals surface area contributed by atoms with Crippen LogP contribution in [0.25, 0.3) is 0 Å². The van der Waals surface area contributed by atoms with Gasteiger partial charge < -0.3 is 0 Å². The molecular weight excluding hydrogens is 249 g/mol. The zero-order chi connectivity index (χ0) is 7.56. The maximum atomic E-state index is 12.4. The quantitative estimate of drug-likeness (QED) is 0.676. The van der Waals surface area contributed by atoms with Crippen LogP contribution in [0.3, 0.4) is 0 Å². The molecule has 0 aliphatic rings. The monoisotopic (exact) mass is 254 g/mol. The molecule has 0 nitrogen and oxygen atoms in total. The molecule has 0 atom stereocenters. The highest BCUT2D eigenvalue weighted by Crippen LogP contribution is 2.14. The average molecular weight is 254 g/mol. The topological polar surface area (TPSA) is 0 Å². The number of halogens is 3. The lowest BCUT2D eigenvalue weighted by atomic mass is 10.2. The number of hydrogen-bond donors (Lipinski definition) is 0. The van der Waals surface area contributed by atoms with Crippen molar-refractivity contribution in [2.24, 2.45) is 0 Å². The van der Waals surface area contributed by atoms with E-state index < -0.39 is 6.67 Å². The van der Waals surface area contributed by atoms with Crippen molar-refractivity contribution < 1.29 is 8.78 Å². The molecule has 54 valence electrons. The van der Waals surface area contributed by atoms with Crippen molar-refractivity contribution in [1.29, 1.82) is 0 Å². The Labute approximate surface area is 71.4 Å². The molecule has 0 saturated carbocycles. The summed E-state index contributed by atoms with van der Waals surface area (Å²) >= 11 is 1.91. The molecular formula is C7H5F2I. The van der Waals surface area contributed by atoms with Crippen molar-refractivity contribution in [2.45, 2.75) is 6.67 Å². The van der Waals surface area contributed by atoms with Gasteiger partial charge in [-0.3, -0.25) is 0 Å². The minimum atomic E-state index is -0.529. The molecule has 1 aromatic rings. The lowest BCUT2D eigenvalue weighted by molar-refractivity contribution is 0.482. The summed E-state index contributed by atoms with van der Waals surface area (Å²) in [4.78, 5) is 0. The van der Waals surface area contributed by atoms with Crippen LogP contribution < -0.4 is 0 Å². The van der Waals surface area contributed by atoms with E-state index in [9.17, 15) is 8.78 Å². The number of rotatable bonds is 1. The Hall–Kier alpha value is -0.190. The molecule has 0 heterocycles. The molecule has 0 radical (unpaired) electrons. The molecule has 10 heavy (non-hydrogen) atoms. The fourth-order valence-corrected chi connectivity index (χ4v) is 1.25. The predicted octanol–water partition coefficient (Wildman–Crippen LogP) is 2.90. The summed E-state index contributed by atoms with van der Waals surface area (Å²) in [6.45, 7) is -0.529. The number of benzene rings is 1. The van der Waals surface area contributed by atoms with Gasteiger partial charge in [0.05, 0.1) is 0 Å². The maximum Gasteiger partial charge on any atom is 0.124 e. The molecule has 0 unspecified atom stereocenters. The van der Waals surface area contributed by atoms with Crippen molar-refractivity contribution in [2.75, 3.05) is 0 Å². The maximum absolute atomic E-state index is 12.4. The van der Waals surface area contributed by atoms with Crippen LogP contribution in [0.2, 0.25) is 0 Å². The Morgan fingerprint density at radius 2 is 2.10 bits per heavy atom. The Morgan fingerprint density at radius 3 is 2.60 bits per heavy atom. The highest BCUT2D eigenvalue weighted by atomic mass is 127. The molecule has 0 aliphatic heterocycles. The minimum Gasteiger partial charge on any atom is -0.246 e. The second kappa shape index (κ2) is 3.27. The normalized spacial score (nSPS) is 9.90. The first-order valence-corrected chi connectivity index (χ1v) is 3.82. The Morgan fingerprint density at radius 1 is 1.40 bits per heavy atom. The van der Waals surface area contributed by atoms with Crippen molar-refractivity contribution in [1.82, 2.24) is 0 Å². The van der Waals surface area contributed by atoms with E-state index in [0.29, 0.717) is 9.13 Å². The van der Waals surface area contributed by atoms with Gasteiger partial charge in [0.25, 0.3) is 0 Å². The van der Waals surface area contributed by atoms with Gasteiger partial charge in [-0.1, -0.05) is 6.07 Å². The van der Waals surface area contributed by atoms with Crippen LogP contribution in [0.4, 0.5) is 8.78 Å². The second-order valence-electron chi connectivity index (χ2n) is 1.87. The minimum absolute atomic E-state index is 0.318. The zero-order valence-corrected chi connectivity index (χ0v) is 7.23. The van der Waals surface area contributed by atoms with E-state index in [1.54, 1.807) is 0 Å². The highest BCUT2D eigenvalue weighted by Gasteiger charge is 1.98. The summed E-state index contributed by atoms with van der Waals surface area (Å²) in [5.41, 5.74) is 0.544. The third-order valence-corrected chi connectivity index (χ3v) is 2.16. The van der Waals surface area contributed by atoms with Crippen molar-refractivity contribution >= 4 is 22.6 Å². The zero-order valence-electron chi connectivity index (χ0n) is 5.07. The van der Waals surface area contributed by atoms with Crippen LogP contribution in [0.5, 0.6) is 0 Å². The summed E-state index contributed by atoms with van der Waals surface area (Å²) in [6.07, 6.45) is 0. The van der Waals surface area contributed by atoms with Crippen molar-refractivity contribution in [3.63, 3.8) is 0 Å². The average Bonchev–Trinajstić information content (AvgIpc) is 1.88. The van der Waals surface area contributed by atoms with Crippen LogP contribution in [-0.2, 0) is 6.67 Å². The second-order valence-corrected chi connectivity index (χ2v) is 3.03. The summed E-state index contributed by atoms with van der Waals surface area (Å²) in [5.74, 6) is -0.318. The molecule has 0 spiro atoms. The van der Waals surface area contributed by atoms with Gasteiger partial charge in [0, 0.05) is 3.57 Å². The lowest BCUT2D eigenvalue weighted by Gasteiger charge is -1.96. The van der Waals surface area contributed by atoms with Gasteiger partial charge in [0.1, 0.15) is 12.5 Å². The largest absolute Gasteiger partial charge is 0.246 e. The van der Waals surface area contributed by atoms with Gasteiger partial charge >= 0.3 is 0 Å². The molecule has 1 aromatic carbocycles. The van der Waals surface area contributed by atoms with E-state index in [1.807, 2.05) is 22.6 Å². The van der Waals surface area contributed by atoms with Gasteiger partial charge in [-0.15, -0.1) is 0 Å². The van der Waals surface area contributed by atoms with Gasteiger partial charge in [0.2, 0.25) is 0 Å². The molecule has 0 aromatic heterocycles. The molecule has 0 aliphatic carbocycles. The van der Waals surface area contributed by atoms with Crippen LogP contribution in [-0.4, -0.2) is 0 Å². The van der Waals surface area contributed by atoms with E-state index in [0.717, 1.165) is 0 Å². The summed E-state index contributed by atoms with van der Waals surface area (Å²) < 4.78 is 25.0. The Balaban J connectivity index is 3.07. The molecule has 0 fully saturated rings. The molecule has 0 bridgehead atoms. The first-order chi connectivity index (χ1) is 4.74. The van der Waals surface area contributed by atoms with Crippen molar-refractivity contribution in [3.8, 4) is 0 Å².